The van der Waals surface area contributed by atoms with Gasteiger partial charge in [-0.25, -0.2) is 0 Å². The molecule has 1 unspecified atom stereocenters. The first-order valence-corrected chi connectivity index (χ1v) is 7.14. The summed E-state index contributed by atoms with van der Waals surface area (Å²) in [6.45, 7) is 7.38. The van der Waals surface area contributed by atoms with E-state index in [1.165, 1.54) is 0 Å². The van der Waals surface area contributed by atoms with Gasteiger partial charge < -0.3 is 9.84 Å². The lowest BCUT2D eigenvalue weighted by Gasteiger charge is -2.43. The Morgan fingerprint density at radius 3 is 2.58 bits per heavy atom. The molecule has 4 heteroatoms. The minimum absolute atomic E-state index is 0.275. The maximum Gasteiger partial charge on any atom is 0.0759 e. The molecule has 1 aromatic rings. The molecule has 1 aliphatic rings. The highest BCUT2D eigenvalue weighted by molar-refractivity contribution is 6.31. The van der Waals surface area contributed by atoms with Crippen LogP contribution in [0.2, 0.25) is 5.02 Å². The van der Waals surface area contributed by atoms with E-state index in [1.807, 2.05) is 24.3 Å². The van der Waals surface area contributed by atoms with Crippen molar-refractivity contribution in [2.24, 2.45) is 0 Å². The summed E-state index contributed by atoms with van der Waals surface area (Å²) >= 11 is 6.16. The van der Waals surface area contributed by atoms with E-state index >= 15 is 0 Å². The van der Waals surface area contributed by atoms with Gasteiger partial charge in [-0.3, -0.25) is 4.90 Å². The zero-order chi connectivity index (χ0) is 13.9. The molecular formula is C15H22ClNO2. The van der Waals surface area contributed by atoms with Crippen molar-refractivity contribution < 1.29 is 9.84 Å². The van der Waals surface area contributed by atoms with Crippen LogP contribution in [-0.4, -0.2) is 48.0 Å². The van der Waals surface area contributed by atoms with E-state index in [4.69, 9.17) is 16.3 Å². The number of aliphatic hydroxyl groups is 1. The average Bonchev–Trinajstić information content (AvgIpc) is 2.42. The molecule has 1 N–H and O–H groups in total. The van der Waals surface area contributed by atoms with Crippen LogP contribution >= 0.6 is 11.6 Å². The van der Waals surface area contributed by atoms with Gasteiger partial charge in [-0.1, -0.05) is 29.8 Å². The van der Waals surface area contributed by atoms with Crippen LogP contribution in [0.15, 0.2) is 24.3 Å². The predicted octanol–water partition coefficient (Wildman–Crippen LogP) is 2.35. The van der Waals surface area contributed by atoms with Gasteiger partial charge in [0.2, 0.25) is 0 Å². The molecule has 1 aliphatic heterocycles. The zero-order valence-electron chi connectivity index (χ0n) is 11.6. The highest BCUT2D eigenvalue weighted by Gasteiger charge is 2.35. The zero-order valence-corrected chi connectivity index (χ0v) is 12.4. The molecule has 0 spiro atoms. The van der Waals surface area contributed by atoms with Gasteiger partial charge in [-0.15, -0.1) is 0 Å². The first kappa shape index (κ1) is 14.8. The molecule has 2 rings (SSSR count). The van der Waals surface area contributed by atoms with Gasteiger partial charge in [0.25, 0.3) is 0 Å². The van der Waals surface area contributed by atoms with Gasteiger partial charge in [-0.05, 0) is 25.5 Å². The number of ether oxygens (including phenoxy) is 1. The van der Waals surface area contributed by atoms with Crippen LogP contribution in [-0.2, 0) is 11.2 Å². The number of nitrogens with zero attached hydrogens (tertiary/aromatic N) is 1. The minimum Gasteiger partial charge on any atom is -0.391 e. The number of morpholine rings is 1. The second-order valence-electron chi connectivity index (χ2n) is 5.56. The van der Waals surface area contributed by atoms with Gasteiger partial charge in [0.1, 0.15) is 0 Å². The lowest BCUT2D eigenvalue weighted by atomic mass is 9.89. The Morgan fingerprint density at radius 1 is 1.32 bits per heavy atom. The first-order valence-electron chi connectivity index (χ1n) is 6.76. The van der Waals surface area contributed by atoms with E-state index in [1.54, 1.807) is 0 Å². The topological polar surface area (TPSA) is 32.7 Å². The van der Waals surface area contributed by atoms with Crippen molar-refractivity contribution in [3.63, 3.8) is 0 Å². The molecule has 0 amide bonds. The fourth-order valence-electron chi connectivity index (χ4n) is 2.47. The van der Waals surface area contributed by atoms with E-state index in [0.29, 0.717) is 6.42 Å². The Morgan fingerprint density at radius 2 is 1.95 bits per heavy atom. The van der Waals surface area contributed by atoms with Crippen LogP contribution in [0.4, 0.5) is 0 Å². The number of hydrogen-bond donors (Lipinski definition) is 1. The van der Waals surface area contributed by atoms with E-state index in [9.17, 15) is 5.11 Å². The number of halogens is 1. The van der Waals surface area contributed by atoms with E-state index in [0.717, 1.165) is 36.9 Å². The molecule has 106 valence electrons. The summed E-state index contributed by atoms with van der Waals surface area (Å²) in [7, 11) is 0. The molecular weight excluding hydrogens is 262 g/mol. The average molecular weight is 284 g/mol. The number of hydrogen-bond acceptors (Lipinski definition) is 3. The quantitative estimate of drug-likeness (QED) is 0.921. The molecule has 0 radical (unpaired) electrons. The number of rotatable bonds is 4. The first-order chi connectivity index (χ1) is 9.01. The lowest BCUT2D eigenvalue weighted by Crippen LogP contribution is -2.56. The maximum absolute atomic E-state index is 10.6. The fourth-order valence-corrected chi connectivity index (χ4v) is 2.69. The molecule has 0 saturated carbocycles. The molecule has 1 atom stereocenters. The number of benzene rings is 1. The molecule has 0 bridgehead atoms. The summed E-state index contributed by atoms with van der Waals surface area (Å²) in [4.78, 5) is 2.29. The summed E-state index contributed by atoms with van der Waals surface area (Å²) in [6.07, 6.45) is 0.120. The van der Waals surface area contributed by atoms with Crippen LogP contribution in [0, 0.1) is 0 Å². The molecule has 1 saturated heterocycles. The number of aliphatic hydroxyl groups excluding tert-OH is 1. The SMILES string of the molecule is CC(C)(C(O)Cc1ccccc1Cl)N1CCOCC1. The molecule has 1 aromatic carbocycles. The van der Waals surface area contributed by atoms with Crippen LogP contribution in [0.3, 0.4) is 0 Å². The van der Waals surface area contributed by atoms with Crippen molar-refractivity contribution in [1.82, 2.24) is 4.90 Å². The van der Waals surface area contributed by atoms with Gasteiger partial charge in [0, 0.05) is 30.1 Å². The van der Waals surface area contributed by atoms with Crippen molar-refractivity contribution >= 4 is 11.6 Å². The van der Waals surface area contributed by atoms with Crippen molar-refractivity contribution in [2.75, 3.05) is 26.3 Å². The molecule has 19 heavy (non-hydrogen) atoms. The molecule has 3 nitrogen and oxygen atoms in total. The lowest BCUT2D eigenvalue weighted by molar-refractivity contribution is -0.0611. The highest BCUT2D eigenvalue weighted by Crippen LogP contribution is 2.25. The summed E-state index contributed by atoms with van der Waals surface area (Å²) in [6, 6.07) is 7.70. The molecule has 0 aromatic heterocycles. The van der Waals surface area contributed by atoms with Gasteiger partial charge in [0.05, 0.1) is 19.3 Å². The third kappa shape index (κ3) is 3.48. The summed E-state index contributed by atoms with van der Waals surface area (Å²) in [5, 5.41) is 11.3. The Hall–Kier alpha value is -0.610. The molecule has 1 heterocycles. The standard InChI is InChI=1S/C15H22ClNO2/c1-15(2,17-7-9-19-10-8-17)14(18)11-12-5-3-4-6-13(12)16/h3-6,14,18H,7-11H2,1-2H3. The van der Waals surface area contributed by atoms with Gasteiger partial charge in [0.15, 0.2) is 0 Å². The van der Waals surface area contributed by atoms with E-state index in [2.05, 4.69) is 18.7 Å². The molecule has 1 fully saturated rings. The maximum atomic E-state index is 10.6. The molecule has 0 aliphatic carbocycles. The van der Waals surface area contributed by atoms with Crippen molar-refractivity contribution in [3.05, 3.63) is 34.9 Å². The third-order valence-corrected chi connectivity index (χ3v) is 4.38. The Balaban J connectivity index is 2.05. The van der Waals surface area contributed by atoms with E-state index < -0.39 is 6.10 Å². The Labute approximate surface area is 120 Å². The largest absolute Gasteiger partial charge is 0.391 e. The van der Waals surface area contributed by atoms with Crippen LogP contribution in [0.1, 0.15) is 19.4 Å². The monoisotopic (exact) mass is 283 g/mol. The predicted molar refractivity (Wildman–Crippen MR) is 77.6 cm³/mol. The summed E-state index contributed by atoms with van der Waals surface area (Å²) in [5.74, 6) is 0. The highest BCUT2D eigenvalue weighted by atomic mass is 35.5. The van der Waals surface area contributed by atoms with Crippen LogP contribution in [0.5, 0.6) is 0 Å². The minimum atomic E-state index is -0.453. The van der Waals surface area contributed by atoms with Crippen LogP contribution < -0.4 is 0 Å². The smallest absolute Gasteiger partial charge is 0.0759 e. The third-order valence-electron chi connectivity index (χ3n) is 4.01. The van der Waals surface area contributed by atoms with Crippen LogP contribution in [0.25, 0.3) is 0 Å². The second-order valence-corrected chi connectivity index (χ2v) is 5.97. The summed E-state index contributed by atoms with van der Waals surface area (Å²) < 4.78 is 5.37. The van der Waals surface area contributed by atoms with E-state index in [-0.39, 0.29) is 5.54 Å². The van der Waals surface area contributed by atoms with Crippen molar-refractivity contribution in [3.8, 4) is 0 Å². The Bertz CT molecular complexity index is 416. The van der Waals surface area contributed by atoms with Crippen molar-refractivity contribution in [1.29, 1.82) is 0 Å². The second kappa shape index (κ2) is 6.23. The fraction of sp³-hybridized carbons (Fsp3) is 0.600. The normalized spacial score (nSPS) is 19.4. The Kier molecular flexibility index (Phi) is 4.85. The van der Waals surface area contributed by atoms with Gasteiger partial charge in [-0.2, -0.15) is 0 Å². The summed E-state index contributed by atoms with van der Waals surface area (Å²) in [5.41, 5.74) is 0.723. The van der Waals surface area contributed by atoms with Crippen molar-refractivity contribution in [2.45, 2.75) is 31.9 Å². The van der Waals surface area contributed by atoms with Gasteiger partial charge >= 0.3 is 0 Å².